The Morgan fingerprint density at radius 2 is 2.03 bits per heavy atom. The van der Waals surface area contributed by atoms with Gasteiger partial charge >= 0.3 is 6.18 Å². The van der Waals surface area contributed by atoms with Gasteiger partial charge in [0, 0.05) is 31.0 Å². The third-order valence-electron chi connectivity index (χ3n) is 5.34. The highest BCUT2D eigenvalue weighted by Gasteiger charge is 2.46. The zero-order valence-corrected chi connectivity index (χ0v) is 16.9. The summed E-state index contributed by atoms with van der Waals surface area (Å²) in [6.45, 7) is -0.506. The lowest BCUT2D eigenvalue weighted by Crippen LogP contribution is -2.48. The van der Waals surface area contributed by atoms with Gasteiger partial charge < -0.3 is 4.98 Å². The Morgan fingerprint density at radius 1 is 1.23 bits per heavy atom. The molecule has 1 aliphatic rings. The molecule has 30 heavy (non-hydrogen) atoms. The normalized spacial score (nSPS) is 21.2. The van der Waals surface area contributed by atoms with Gasteiger partial charge in [-0.3, -0.25) is 4.98 Å². The van der Waals surface area contributed by atoms with Gasteiger partial charge in [0.1, 0.15) is 5.52 Å². The topological polar surface area (TPSA) is 91.8 Å². The van der Waals surface area contributed by atoms with E-state index in [4.69, 9.17) is 0 Å². The smallest absolute Gasteiger partial charge is 0.345 e. The number of sulfonamides is 1. The third kappa shape index (κ3) is 4.31. The van der Waals surface area contributed by atoms with Crippen molar-refractivity contribution < 1.29 is 21.6 Å². The summed E-state index contributed by atoms with van der Waals surface area (Å²) < 4.78 is 65.1. The van der Waals surface area contributed by atoms with E-state index in [-0.39, 0.29) is 19.4 Å². The molecule has 11 heteroatoms. The van der Waals surface area contributed by atoms with Crippen LogP contribution < -0.4 is 0 Å². The van der Waals surface area contributed by atoms with Crippen molar-refractivity contribution in [3.63, 3.8) is 0 Å². The van der Waals surface area contributed by atoms with Crippen LogP contribution >= 0.6 is 0 Å². The van der Waals surface area contributed by atoms with Gasteiger partial charge in [0.05, 0.1) is 29.8 Å². The second-order valence-electron chi connectivity index (χ2n) is 7.59. The molecule has 1 aliphatic heterocycles. The number of pyridine rings is 1. The van der Waals surface area contributed by atoms with E-state index >= 15 is 0 Å². The van der Waals surface area contributed by atoms with Crippen molar-refractivity contribution in [1.82, 2.24) is 24.2 Å². The first-order valence-electron chi connectivity index (χ1n) is 9.37. The van der Waals surface area contributed by atoms with Crippen molar-refractivity contribution in [1.29, 1.82) is 0 Å². The summed E-state index contributed by atoms with van der Waals surface area (Å²) in [6.07, 6.45) is 1.42. The average Bonchev–Trinajstić information content (AvgIpc) is 3.14. The number of nitrogens with zero attached hydrogens (tertiary/aromatic N) is 4. The monoisotopic (exact) mass is 439 g/mol. The van der Waals surface area contributed by atoms with Crippen LogP contribution in [0.1, 0.15) is 12.1 Å². The van der Waals surface area contributed by atoms with Crippen LogP contribution in [0, 0.1) is 11.8 Å². The molecule has 0 aromatic carbocycles. The van der Waals surface area contributed by atoms with Crippen molar-refractivity contribution >= 4 is 21.2 Å². The van der Waals surface area contributed by atoms with E-state index in [0.717, 1.165) is 10.6 Å². The number of hydrogen-bond acceptors (Lipinski definition) is 5. The molecule has 0 amide bonds. The van der Waals surface area contributed by atoms with Crippen molar-refractivity contribution in [2.45, 2.75) is 19.0 Å². The third-order valence-corrected chi connectivity index (χ3v) is 6.58. The van der Waals surface area contributed by atoms with Gasteiger partial charge in [0.15, 0.2) is 5.65 Å². The molecule has 0 saturated carbocycles. The summed E-state index contributed by atoms with van der Waals surface area (Å²) >= 11 is 0. The first-order chi connectivity index (χ1) is 14.1. The number of alkyl halides is 3. The van der Waals surface area contributed by atoms with Crippen molar-refractivity contribution in [3.05, 3.63) is 42.5 Å². The van der Waals surface area contributed by atoms with E-state index in [1.54, 1.807) is 36.8 Å². The SMILES string of the molecule is CS(=O)(=O)N1C[C@@H](Cc2ncccc2-c2cnc3[nH]ccc3n2)C[C@H](C(F)(F)F)C1. The van der Waals surface area contributed by atoms with Gasteiger partial charge in [-0.05, 0) is 37.0 Å². The van der Waals surface area contributed by atoms with E-state index in [0.29, 0.717) is 28.1 Å². The Morgan fingerprint density at radius 3 is 2.77 bits per heavy atom. The van der Waals surface area contributed by atoms with Crippen LogP contribution in [0.3, 0.4) is 0 Å². The number of rotatable bonds is 4. The number of halogens is 3. The summed E-state index contributed by atoms with van der Waals surface area (Å²) in [4.78, 5) is 16.2. The molecule has 2 atom stereocenters. The standard InChI is InChI=1S/C19H20F3N5O2S/c1-30(28,29)27-10-12(7-13(11-27)19(20,21)22)8-16-14(3-2-5-23-16)17-9-25-18-15(26-17)4-6-24-18/h2-6,9,12-13H,7-8,10-11H2,1H3,(H,24,25)/t12-,13+/m1/s1. The van der Waals surface area contributed by atoms with Crippen LogP contribution in [0.5, 0.6) is 0 Å². The fraction of sp³-hybridized carbons (Fsp3) is 0.421. The maximum atomic E-state index is 13.4. The molecule has 160 valence electrons. The molecule has 1 fully saturated rings. The van der Waals surface area contributed by atoms with E-state index in [1.807, 2.05) is 0 Å². The molecule has 0 aliphatic carbocycles. The van der Waals surface area contributed by atoms with E-state index in [2.05, 4.69) is 19.9 Å². The maximum absolute atomic E-state index is 13.4. The minimum Gasteiger partial charge on any atom is -0.345 e. The zero-order valence-electron chi connectivity index (χ0n) is 16.1. The molecule has 0 bridgehead atoms. The molecular formula is C19H20F3N5O2S. The average molecular weight is 439 g/mol. The van der Waals surface area contributed by atoms with Gasteiger partial charge in [-0.1, -0.05) is 0 Å². The summed E-state index contributed by atoms with van der Waals surface area (Å²) in [6, 6.07) is 5.30. The lowest BCUT2D eigenvalue weighted by Gasteiger charge is -2.37. The van der Waals surface area contributed by atoms with Crippen LogP contribution in [-0.2, 0) is 16.4 Å². The molecule has 1 saturated heterocycles. The van der Waals surface area contributed by atoms with Crippen molar-refractivity contribution in [2.75, 3.05) is 19.3 Å². The summed E-state index contributed by atoms with van der Waals surface area (Å²) in [5.41, 5.74) is 3.11. The summed E-state index contributed by atoms with van der Waals surface area (Å²) in [5, 5.41) is 0. The Bertz CT molecular complexity index is 1160. The molecule has 4 heterocycles. The highest BCUT2D eigenvalue weighted by atomic mass is 32.2. The minimum atomic E-state index is -4.46. The molecule has 1 N–H and O–H groups in total. The van der Waals surface area contributed by atoms with Gasteiger partial charge in [-0.25, -0.2) is 22.7 Å². The first-order valence-corrected chi connectivity index (χ1v) is 11.2. The number of H-pyrrole nitrogens is 1. The number of hydrogen-bond donors (Lipinski definition) is 1. The van der Waals surface area contributed by atoms with Crippen molar-refractivity contribution in [2.24, 2.45) is 11.8 Å². The van der Waals surface area contributed by atoms with Crippen LogP contribution in [0.4, 0.5) is 13.2 Å². The molecular weight excluding hydrogens is 419 g/mol. The molecule has 0 spiro atoms. The fourth-order valence-corrected chi connectivity index (χ4v) is 4.82. The van der Waals surface area contributed by atoms with Crippen LogP contribution in [0.2, 0.25) is 0 Å². The lowest BCUT2D eigenvalue weighted by molar-refractivity contribution is -0.186. The molecule has 3 aromatic rings. The second-order valence-corrected chi connectivity index (χ2v) is 9.57. The van der Waals surface area contributed by atoms with E-state index in [9.17, 15) is 21.6 Å². The van der Waals surface area contributed by atoms with Crippen LogP contribution in [0.25, 0.3) is 22.4 Å². The zero-order chi connectivity index (χ0) is 21.5. The van der Waals surface area contributed by atoms with Crippen molar-refractivity contribution in [3.8, 4) is 11.3 Å². The summed E-state index contributed by atoms with van der Waals surface area (Å²) in [7, 11) is -3.74. The predicted octanol–water partition coefficient (Wildman–Crippen LogP) is 3.02. The molecule has 0 unspecified atom stereocenters. The lowest BCUT2D eigenvalue weighted by atomic mass is 9.86. The Kier molecular flexibility index (Phi) is 5.27. The van der Waals surface area contributed by atoms with Gasteiger partial charge in [-0.2, -0.15) is 13.2 Å². The summed E-state index contributed by atoms with van der Waals surface area (Å²) in [5.74, 6) is -2.22. The molecule has 3 aromatic heterocycles. The Hall–Kier alpha value is -2.53. The largest absolute Gasteiger partial charge is 0.393 e. The molecule has 7 nitrogen and oxygen atoms in total. The number of fused-ring (bicyclic) bond motifs is 1. The number of piperidine rings is 1. The second kappa shape index (κ2) is 7.62. The Balaban J connectivity index is 1.65. The molecule has 0 radical (unpaired) electrons. The predicted molar refractivity (Wildman–Crippen MR) is 105 cm³/mol. The number of aromatic nitrogens is 4. The quantitative estimate of drug-likeness (QED) is 0.675. The van der Waals surface area contributed by atoms with Gasteiger partial charge in [-0.15, -0.1) is 0 Å². The van der Waals surface area contributed by atoms with Gasteiger partial charge in [0.2, 0.25) is 10.0 Å². The Labute approximate surface area is 171 Å². The van der Waals surface area contributed by atoms with Crippen LogP contribution in [0.15, 0.2) is 36.8 Å². The minimum absolute atomic E-state index is 0.0317. The molecule has 4 rings (SSSR count). The first kappa shape index (κ1) is 20.7. The van der Waals surface area contributed by atoms with Crippen LogP contribution in [-0.4, -0.2) is 58.2 Å². The van der Waals surface area contributed by atoms with E-state index < -0.39 is 34.6 Å². The number of nitrogens with one attached hydrogen (secondary N) is 1. The highest BCUT2D eigenvalue weighted by molar-refractivity contribution is 7.88. The van der Waals surface area contributed by atoms with E-state index in [1.165, 1.54) is 0 Å². The van der Waals surface area contributed by atoms with Gasteiger partial charge in [0.25, 0.3) is 0 Å². The maximum Gasteiger partial charge on any atom is 0.393 e. The fourth-order valence-electron chi connectivity index (χ4n) is 3.88. The highest BCUT2D eigenvalue weighted by Crippen LogP contribution is 2.37. The number of aromatic amines is 1.